The molecule has 43 heavy (non-hydrogen) atoms. The molecule has 0 aliphatic heterocycles. The van der Waals surface area contributed by atoms with E-state index in [0.717, 1.165) is 5.56 Å². The maximum Gasteiger partial charge on any atom is 0.407 e. The van der Waals surface area contributed by atoms with E-state index in [1.54, 1.807) is 47.0 Å². The molecule has 0 radical (unpaired) electrons. The molecule has 3 rings (SSSR count). The van der Waals surface area contributed by atoms with Gasteiger partial charge < -0.3 is 29.5 Å². The van der Waals surface area contributed by atoms with Gasteiger partial charge in [-0.05, 0) is 74.6 Å². The maximum absolute atomic E-state index is 13.4. The molecule has 0 aliphatic carbocycles. The number of carboxylic acid groups (broad SMARTS) is 1. The number of alkyl carbamates (subject to hydrolysis) is 1. The Kier molecular flexibility index (Phi) is 10.8. The number of carbonyl (C=O) groups is 3. The van der Waals surface area contributed by atoms with E-state index in [1.165, 1.54) is 20.3 Å². The predicted octanol–water partition coefficient (Wildman–Crippen LogP) is 5.76. The first kappa shape index (κ1) is 33.0. The lowest BCUT2D eigenvalue weighted by atomic mass is 9.97. The van der Waals surface area contributed by atoms with Crippen molar-refractivity contribution < 1.29 is 33.7 Å². The Morgan fingerprint density at radius 3 is 2.28 bits per heavy atom. The van der Waals surface area contributed by atoms with Crippen molar-refractivity contribution in [3.63, 3.8) is 0 Å². The number of benzene rings is 2. The van der Waals surface area contributed by atoms with E-state index in [-0.39, 0.29) is 17.5 Å². The molecule has 2 N–H and O–H groups in total. The highest BCUT2D eigenvalue weighted by atomic mass is 16.6. The van der Waals surface area contributed by atoms with Crippen LogP contribution in [0.15, 0.2) is 42.5 Å². The van der Waals surface area contributed by atoms with Crippen LogP contribution in [0.1, 0.15) is 79.8 Å². The second-order valence-corrected chi connectivity index (χ2v) is 11.1. The lowest BCUT2D eigenvalue weighted by molar-refractivity contribution is 0.0362. The fraction of sp³-hybridized carbons (Fsp3) is 0.438. The molecule has 0 aliphatic rings. The first-order chi connectivity index (χ1) is 20.3. The van der Waals surface area contributed by atoms with E-state index in [2.05, 4.69) is 10.4 Å². The number of nitrogens with one attached hydrogen (secondary N) is 1. The minimum absolute atomic E-state index is 0.0273. The van der Waals surface area contributed by atoms with Gasteiger partial charge in [-0.2, -0.15) is 5.10 Å². The van der Waals surface area contributed by atoms with Gasteiger partial charge in [0.05, 0.1) is 31.2 Å². The van der Waals surface area contributed by atoms with Crippen molar-refractivity contribution >= 4 is 18.0 Å². The number of amides is 2. The summed E-state index contributed by atoms with van der Waals surface area (Å²) in [6.45, 7) is 10.4. The molecule has 2 amide bonds. The van der Waals surface area contributed by atoms with Crippen molar-refractivity contribution in [2.45, 2.75) is 59.0 Å². The number of hydrogen-bond donors (Lipinski definition) is 2. The predicted molar refractivity (Wildman–Crippen MR) is 164 cm³/mol. The highest BCUT2D eigenvalue weighted by Gasteiger charge is 2.25. The smallest absolute Gasteiger partial charge is 0.407 e. The average Bonchev–Trinajstić information content (AvgIpc) is 3.43. The molecule has 0 fully saturated rings. The minimum Gasteiger partial charge on any atom is -0.496 e. The third-order valence-electron chi connectivity index (χ3n) is 7.24. The van der Waals surface area contributed by atoms with Crippen molar-refractivity contribution in [2.75, 3.05) is 34.4 Å². The van der Waals surface area contributed by atoms with Gasteiger partial charge in [-0.3, -0.25) is 4.79 Å². The largest absolute Gasteiger partial charge is 0.496 e. The fourth-order valence-electron chi connectivity index (χ4n) is 4.48. The Balaban J connectivity index is 1.90. The Morgan fingerprint density at radius 2 is 1.72 bits per heavy atom. The maximum atomic E-state index is 13.4. The molecular formula is C32H42N4O7. The third kappa shape index (κ3) is 7.85. The van der Waals surface area contributed by atoms with Crippen molar-refractivity contribution in [1.29, 1.82) is 0 Å². The number of aromatic nitrogens is 2. The van der Waals surface area contributed by atoms with Crippen molar-refractivity contribution in [3.05, 3.63) is 59.3 Å². The van der Waals surface area contributed by atoms with Crippen LogP contribution < -0.4 is 14.8 Å². The van der Waals surface area contributed by atoms with Gasteiger partial charge in [0.15, 0.2) is 5.69 Å². The Hall–Kier alpha value is -4.54. The molecule has 11 heteroatoms. The van der Waals surface area contributed by atoms with Gasteiger partial charge in [0, 0.05) is 25.7 Å². The molecule has 0 unspecified atom stereocenters. The van der Waals surface area contributed by atoms with E-state index < -0.39 is 17.7 Å². The zero-order valence-electron chi connectivity index (χ0n) is 26.2. The zero-order valence-corrected chi connectivity index (χ0v) is 26.2. The number of carboxylic acids is 1. The topological polar surface area (TPSA) is 132 Å². The summed E-state index contributed by atoms with van der Waals surface area (Å²) in [5.41, 5.74) is 2.25. The van der Waals surface area contributed by atoms with Crippen LogP contribution in [-0.4, -0.2) is 77.7 Å². The van der Waals surface area contributed by atoms with Crippen LogP contribution in [0.5, 0.6) is 11.5 Å². The van der Waals surface area contributed by atoms with Gasteiger partial charge in [0.2, 0.25) is 0 Å². The second-order valence-electron chi connectivity index (χ2n) is 11.1. The molecule has 2 aromatic carbocycles. The summed E-state index contributed by atoms with van der Waals surface area (Å²) in [4.78, 5) is 39.0. The van der Waals surface area contributed by atoms with Crippen LogP contribution in [0.3, 0.4) is 0 Å². The van der Waals surface area contributed by atoms with Crippen LogP contribution in [0.4, 0.5) is 4.79 Å². The van der Waals surface area contributed by atoms with Gasteiger partial charge in [-0.15, -0.1) is 0 Å². The molecule has 0 saturated heterocycles. The van der Waals surface area contributed by atoms with E-state index >= 15 is 0 Å². The summed E-state index contributed by atoms with van der Waals surface area (Å²) in [5, 5.41) is 16.9. The number of rotatable bonds is 13. The lowest BCUT2D eigenvalue weighted by Crippen LogP contribution is -2.36. The molecule has 0 bridgehead atoms. The van der Waals surface area contributed by atoms with Crippen LogP contribution in [0.2, 0.25) is 0 Å². The van der Waals surface area contributed by atoms with E-state index in [1.807, 2.05) is 40.7 Å². The highest BCUT2D eigenvalue weighted by Crippen LogP contribution is 2.40. The normalized spacial score (nSPS) is 11.3. The van der Waals surface area contributed by atoms with Crippen LogP contribution in [0.25, 0.3) is 16.9 Å². The molecule has 1 aromatic heterocycles. The van der Waals surface area contributed by atoms with Gasteiger partial charge >= 0.3 is 12.1 Å². The minimum atomic E-state index is -1.18. The summed E-state index contributed by atoms with van der Waals surface area (Å²) in [7, 11) is 4.77. The molecule has 232 valence electrons. The average molecular weight is 595 g/mol. The quantitative estimate of drug-likeness (QED) is 0.239. The summed E-state index contributed by atoms with van der Waals surface area (Å²) in [5.74, 6) is -0.394. The van der Waals surface area contributed by atoms with E-state index in [9.17, 15) is 19.5 Å². The molecular weight excluding hydrogens is 552 g/mol. The van der Waals surface area contributed by atoms with Crippen LogP contribution in [-0.2, 0) is 4.74 Å². The van der Waals surface area contributed by atoms with E-state index in [0.29, 0.717) is 59.9 Å². The number of carbonyl (C=O) groups excluding carboxylic acids is 2. The Morgan fingerprint density at radius 1 is 1.07 bits per heavy atom. The second kappa shape index (κ2) is 14.1. The standard InChI is InChI=1S/C32H42N4O7/c1-9-32(4,5)43-31(40)33-16-11-17-35(6)29(37)21-14-15-24(22(18-21)20(2)3)36-25(19-23(34-36)30(38)39)28-26(41-7)12-10-13-27(28)42-8/h10,12-15,18-20H,9,11,16-17H2,1-8H3,(H,33,40)(H,38,39). The molecule has 3 aromatic rings. The SMILES string of the molecule is CCC(C)(C)OC(=O)NCCCN(C)C(=O)c1ccc(-n2nc(C(=O)O)cc2-c2c(OC)cccc2OC)c(C(C)C)c1. The Bertz CT molecular complexity index is 1440. The lowest BCUT2D eigenvalue weighted by Gasteiger charge is -2.23. The number of ether oxygens (including phenoxy) is 3. The number of methoxy groups -OCH3 is 2. The van der Waals surface area contributed by atoms with Crippen molar-refractivity contribution in [3.8, 4) is 28.4 Å². The number of nitrogens with zero attached hydrogens (tertiary/aromatic N) is 3. The molecule has 1 heterocycles. The third-order valence-corrected chi connectivity index (χ3v) is 7.24. The molecule has 0 atom stereocenters. The Labute approximate surface area is 252 Å². The number of hydrogen-bond acceptors (Lipinski definition) is 7. The van der Waals surface area contributed by atoms with Crippen LogP contribution >= 0.6 is 0 Å². The van der Waals surface area contributed by atoms with Crippen molar-refractivity contribution in [2.24, 2.45) is 0 Å². The summed E-state index contributed by atoms with van der Waals surface area (Å²) < 4.78 is 18.1. The highest BCUT2D eigenvalue weighted by molar-refractivity contribution is 5.95. The van der Waals surface area contributed by atoms with Gasteiger partial charge in [0.1, 0.15) is 17.1 Å². The number of aromatic carboxylic acids is 1. The first-order valence-corrected chi connectivity index (χ1v) is 14.2. The zero-order chi connectivity index (χ0) is 31.9. The molecule has 0 spiro atoms. The van der Waals surface area contributed by atoms with Crippen LogP contribution in [0, 0.1) is 0 Å². The molecule has 11 nitrogen and oxygen atoms in total. The summed E-state index contributed by atoms with van der Waals surface area (Å²) in [6, 6.07) is 12.1. The fourth-order valence-corrected chi connectivity index (χ4v) is 4.48. The van der Waals surface area contributed by atoms with Gasteiger partial charge in [0.25, 0.3) is 5.91 Å². The van der Waals surface area contributed by atoms with Gasteiger partial charge in [-0.1, -0.05) is 26.8 Å². The first-order valence-electron chi connectivity index (χ1n) is 14.2. The molecule has 0 saturated carbocycles. The summed E-state index contributed by atoms with van der Waals surface area (Å²) >= 11 is 0. The monoisotopic (exact) mass is 594 g/mol. The van der Waals surface area contributed by atoms with Gasteiger partial charge in [-0.25, -0.2) is 14.3 Å². The summed E-state index contributed by atoms with van der Waals surface area (Å²) in [6.07, 6.45) is 0.771. The van der Waals surface area contributed by atoms with E-state index in [4.69, 9.17) is 14.2 Å². The van der Waals surface area contributed by atoms with Crippen molar-refractivity contribution in [1.82, 2.24) is 20.0 Å².